The predicted octanol–water partition coefficient (Wildman–Crippen LogP) is 3.88. The first-order chi connectivity index (χ1) is 9.56. The topological polar surface area (TPSA) is 74.6 Å². The van der Waals surface area contributed by atoms with Crippen molar-refractivity contribution in [3.8, 4) is 0 Å². The van der Waals surface area contributed by atoms with Gasteiger partial charge in [-0.15, -0.1) is 0 Å². The average Bonchev–Trinajstić information content (AvgIpc) is 2.46. The first-order valence-electron chi connectivity index (χ1n) is 5.57. The van der Waals surface area contributed by atoms with E-state index in [4.69, 9.17) is 10.2 Å². The zero-order valence-electron chi connectivity index (χ0n) is 10.5. The Balaban J connectivity index is 0.00000220. The van der Waals surface area contributed by atoms with Crippen LogP contribution in [-0.2, 0) is 17.1 Å². The van der Waals surface area contributed by atoms with Crippen LogP contribution < -0.4 is 0 Å². The van der Waals surface area contributed by atoms with Crippen molar-refractivity contribution in [2.45, 2.75) is 9.79 Å². The molecule has 0 fully saturated rings. The third kappa shape index (κ3) is 5.13. The summed E-state index contributed by atoms with van der Waals surface area (Å²) >= 11 is 0. The second kappa shape index (κ2) is 8.14. The summed E-state index contributed by atoms with van der Waals surface area (Å²) in [6.45, 7) is 0. The first-order valence-corrected chi connectivity index (χ1v) is 7.72. The summed E-state index contributed by atoms with van der Waals surface area (Å²) in [6, 6.07) is 13.2. The molecule has 2 N–H and O–H groups in total. The van der Waals surface area contributed by atoms with Crippen LogP contribution in [0.25, 0.3) is 0 Å². The normalized spacial score (nSPS) is 9.71. The third-order valence-electron chi connectivity index (χ3n) is 2.44. The Bertz CT molecular complexity index is 569. The van der Waals surface area contributed by atoms with Gasteiger partial charge in [-0.25, -0.2) is 9.59 Å². The molecule has 0 heterocycles. The standard InChI is InChI=1S/C14H10O4S2.Mn/c15-13(16)9-1-5-11(6-2-9)19-20-12-7-3-10(4-8-12)14(17)18;/h1-8H,(H,15,16)(H,17,18);. The van der Waals surface area contributed by atoms with Crippen molar-refractivity contribution in [3.63, 3.8) is 0 Å². The quantitative estimate of drug-likeness (QED) is 0.622. The molecule has 0 aromatic heterocycles. The summed E-state index contributed by atoms with van der Waals surface area (Å²) in [6.07, 6.45) is 0. The summed E-state index contributed by atoms with van der Waals surface area (Å²) in [4.78, 5) is 23.3. The van der Waals surface area contributed by atoms with Crippen LogP contribution in [-0.4, -0.2) is 22.2 Å². The molecule has 1 radical (unpaired) electrons. The van der Waals surface area contributed by atoms with Crippen LogP contribution in [0.5, 0.6) is 0 Å². The summed E-state index contributed by atoms with van der Waals surface area (Å²) in [7, 11) is 2.97. The largest absolute Gasteiger partial charge is 0.478 e. The summed E-state index contributed by atoms with van der Waals surface area (Å²) in [5.74, 6) is -1.89. The number of hydrogen-bond acceptors (Lipinski definition) is 4. The van der Waals surface area contributed by atoms with Gasteiger partial charge in [0.05, 0.1) is 11.1 Å². The van der Waals surface area contributed by atoms with Gasteiger partial charge in [0.1, 0.15) is 0 Å². The van der Waals surface area contributed by atoms with Crippen molar-refractivity contribution in [1.29, 1.82) is 0 Å². The van der Waals surface area contributed by atoms with Crippen molar-refractivity contribution in [1.82, 2.24) is 0 Å². The number of rotatable bonds is 5. The Morgan fingerprint density at radius 3 is 1.19 bits per heavy atom. The number of carbonyl (C=O) groups is 2. The minimum absolute atomic E-state index is 0. The second-order valence-corrected chi connectivity index (χ2v) is 6.10. The maximum absolute atomic E-state index is 10.7. The Labute approximate surface area is 139 Å². The predicted molar refractivity (Wildman–Crippen MR) is 78.5 cm³/mol. The van der Waals surface area contributed by atoms with Gasteiger partial charge in [0, 0.05) is 26.9 Å². The molecule has 21 heavy (non-hydrogen) atoms. The number of benzene rings is 2. The van der Waals surface area contributed by atoms with Crippen molar-refractivity contribution in [2.75, 3.05) is 0 Å². The van der Waals surface area contributed by atoms with Crippen molar-refractivity contribution < 1.29 is 36.9 Å². The van der Waals surface area contributed by atoms with E-state index in [0.717, 1.165) is 9.79 Å². The molecule has 0 aliphatic heterocycles. The van der Waals surface area contributed by atoms with E-state index >= 15 is 0 Å². The fourth-order valence-electron chi connectivity index (χ4n) is 1.40. The smallest absolute Gasteiger partial charge is 0.335 e. The average molecular weight is 361 g/mol. The van der Waals surface area contributed by atoms with Crippen molar-refractivity contribution in [2.24, 2.45) is 0 Å². The molecule has 7 heteroatoms. The Morgan fingerprint density at radius 2 is 0.952 bits per heavy atom. The van der Waals surface area contributed by atoms with Crippen LogP contribution >= 0.6 is 21.6 Å². The SMILES string of the molecule is O=C(O)c1ccc(SSc2ccc(C(=O)O)cc2)cc1.[Mn]. The van der Waals surface area contributed by atoms with E-state index in [-0.39, 0.29) is 28.2 Å². The molecule has 0 saturated carbocycles. The molecule has 0 amide bonds. The molecule has 2 aromatic carbocycles. The van der Waals surface area contributed by atoms with Crippen LogP contribution in [0.15, 0.2) is 58.3 Å². The molecule has 0 saturated heterocycles. The Morgan fingerprint density at radius 1 is 0.667 bits per heavy atom. The van der Waals surface area contributed by atoms with E-state index < -0.39 is 11.9 Å². The van der Waals surface area contributed by atoms with Gasteiger partial charge < -0.3 is 10.2 Å². The summed E-state index contributed by atoms with van der Waals surface area (Å²) < 4.78 is 0. The molecule has 0 atom stereocenters. The first kappa shape index (κ1) is 17.7. The fraction of sp³-hybridized carbons (Fsp3) is 0. The minimum Gasteiger partial charge on any atom is -0.478 e. The number of aromatic carboxylic acids is 2. The van der Waals surface area contributed by atoms with Gasteiger partial charge >= 0.3 is 11.9 Å². The zero-order chi connectivity index (χ0) is 14.5. The van der Waals surface area contributed by atoms with Crippen LogP contribution in [0.4, 0.5) is 0 Å². The molecular formula is C14H10MnO4S2. The van der Waals surface area contributed by atoms with Gasteiger partial charge in [0.25, 0.3) is 0 Å². The van der Waals surface area contributed by atoms with Crippen LogP contribution in [0.1, 0.15) is 20.7 Å². The Hall–Kier alpha value is -1.40. The van der Waals surface area contributed by atoms with Crippen LogP contribution in [0.3, 0.4) is 0 Å². The van der Waals surface area contributed by atoms with Gasteiger partial charge in [-0.2, -0.15) is 0 Å². The number of hydrogen-bond donors (Lipinski definition) is 2. The fourth-order valence-corrected chi connectivity index (χ4v) is 3.33. The van der Waals surface area contributed by atoms with E-state index in [1.165, 1.54) is 21.6 Å². The zero-order valence-corrected chi connectivity index (χ0v) is 13.3. The summed E-state index contributed by atoms with van der Waals surface area (Å²) in [5, 5.41) is 17.6. The number of carboxylic acid groups (broad SMARTS) is 2. The molecule has 0 aliphatic rings. The van der Waals surface area contributed by atoms with E-state index in [0.29, 0.717) is 0 Å². The monoisotopic (exact) mass is 361 g/mol. The van der Waals surface area contributed by atoms with E-state index in [1.54, 1.807) is 48.5 Å². The third-order valence-corrected chi connectivity index (χ3v) is 4.85. The molecule has 4 nitrogen and oxygen atoms in total. The van der Waals surface area contributed by atoms with E-state index in [9.17, 15) is 9.59 Å². The molecule has 0 aliphatic carbocycles. The van der Waals surface area contributed by atoms with Crippen molar-refractivity contribution >= 4 is 33.5 Å². The van der Waals surface area contributed by atoms with Crippen LogP contribution in [0.2, 0.25) is 0 Å². The van der Waals surface area contributed by atoms with E-state index in [1.807, 2.05) is 0 Å². The van der Waals surface area contributed by atoms with Crippen LogP contribution in [0, 0.1) is 0 Å². The molecule has 0 spiro atoms. The van der Waals surface area contributed by atoms with Gasteiger partial charge in [0.2, 0.25) is 0 Å². The maximum atomic E-state index is 10.7. The van der Waals surface area contributed by atoms with Gasteiger partial charge in [-0.1, -0.05) is 21.6 Å². The minimum atomic E-state index is -0.946. The molecule has 109 valence electrons. The molecule has 2 rings (SSSR count). The van der Waals surface area contributed by atoms with Gasteiger partial charge in [-0.3, -0.25) is 0 Å². The number of carboxylic acids is 2. The molecular weight excluding hydrogens is 351 g/mol. The maximum Gasteiger partial charge on any atom is 0.335 e. The second-order valence-electron chi connectivity index (χ2n) is 3.83. The molecule has 0 bridgehead atoms. The molecule has 2 aromatic rings. The Kier molecular flexibility index (Phi) is 6.84. The van der Waals surface area contributed by atoms with Gasteiger partial charge in [-0.05, 0) is 48.5 Å². The van der Waals surface area contributed by atoms with Crippen molar-refractivity contribution in [3.05, 3.63) is 59.7 Å². The summed E-state index contributed by atoms with van der Waals surface area (Å²) in [5.41, 5.74) is 0.510. The van der Waals surface area contributed by atoms with Gasteiger partial charge in [0.15, 0.2) is 0 Å². The van der Waals surface area contributed by atoms with E-state index in [2.05, 4.69) is 0 Å². The molecule has 0 unspecified atom stereocenters.